The van der Waals surface area contributed by atoms with Gasteiger partial charge >= 0.3 is 5.97 Å². The average Bonchev–Trinajstić information content (AvgIpc) is 2.69. The van der Waals surface area contributed by atoms with Gasteiger partial charge in [0.15, 0.2) is 11.6 Å². The average molecular weight is 445 g/mol. The lowest BCUT2D eigenvalue weighted by Crippen LogP contribution is -2.40. The van der Waals surface area contributed by atoms with Crippen LogP contribution < -0.4 is 0 Å². The SMILES string of the molecule is CC(OC(=O)C1CCN(S(=O)(=O)c2ccc(F)c(F)c2)CC1)c1ccc(F)cc1F. The number of halogens is 4. The lowest BCUT2D eigenvalue weighted by atomic mass is 9.98. The maximum Gasteiger partial charge on any atom is 0.309 e. The molecule has 0 saturated carbocycles. The van der Waals surface area contributed by atoms with Crippen LogP contribution in [0, 0.1) is 29.2 Å². The summed E-state index contributed by atoms with van der Waals surface area (Å²) >= 11 is 0. The molecule has 1 aliphatic rings. The molecule has 2 aromatic rings. The van der Waals surface area contributed by atoms with Gasteiger partial charge in [0.2, 0.25) is 10.0 Å². The molecule has 10 heteroatoms. The molecule has 1 fully saturated rings. The molecule has 1 unspecified atom stereocenters. The van der Waals surface area contributed by atoms with Gasteiger partial charge in [0.1, 0.15) is 17.7 Å². The molecular weight excluding hydrogens is 426 g/mol. The Hall–Kier alpha value is -2.46. The minimum Gasteiger partial charge on any atom is -0.457 e. The van der Waals surface area contributed by atoms with E-state index in [0.717, 1.165) is 22.5 Å². The van der Waals surface area contributed by atoms with Crippen molar-refractivity contribution in [3.8, 4) is 0 Å². The fourth-order valence-corrected chi connectivity index (χ4v) is 4.77. The Kier molecular flexibility index (Phi) is 6.47. The Morgan fingerprint density at radius 2 is 1.67 bits per heavy atom. The summed E-state index contributed by atoms with van der Waals surface area (Å²) in [6.45, 7) is 1.43. The van der Waals surface area contributed by atoms with Crippen LogP contribution in [0.4, 0.5) is 17.6 Å². The van der Waals surface area contributed by atoms with Gasteiger partial charge in [0.25, 0.3) is 0 Å². The highest BCUT2D eigenvalue weighted by Crippen LogP contribution is 2.28. The largest absolute Gasteiger partial charge is 0.457 e. The van der Waals surface area contributed by atoms with Crippen molar-refractivity contribution in [1.29, 1.82) is 0 Å². The molecule has 0 bridgehead atoms. The third-order valence-electron chi connectivity index (χ3n) is 5.01. The second-order valence-electron chi connectivity index (χ2n) is 7.00. The van der Waals surface area contributed by atoms with E-state index in [-0.39, 0.29) is 36.4 Å². The smallest absolute Gasteiger partial charge is 0.309 e. The normalized spacial score (nSPS) is 17.0. The van der Waals surface area contributed by atoms with E-state index in [2.05, 4.69) is 0 Å². The second-order valence-corrected chi connectivity index (χ2v) is 8.94. The van der Waals surface area contributed by atoms with Crippen molar-refractivity contribution < 1.29 is 35.5 Å². The van der Waals surface area contributed by atoms with Crippen LogP contribution >= 0.6 is 0 Å². The highest BCUT2D eigenvalue weighted by atomic mass is 32.2. The van der Waals surface area contributed by atoms with Crippen LogP contribution in [0.3, 0.4) is 0 Å². The van der Waals surface area contributed by atoms with Crippen LogP contribution in [0.1, 0.15) is 31.4 Å². The Morgan fingerprint density at radius 1 is 1.00 bits per heavy atom. The Morgan fingerprint density at radius 3 is 2.27 bits per heavy atom. The van der Waals surface area contributed by atoms with Crippen molar-refractivity contribution in [2.45, 2.75) is 30.8 Å². The molecule has 162 valence electrons. The fourth-order valence-electron chi connectivity index (χ4n) is 3.28. The number of rotatable bonds is 5. The molecular formula is C20H19F4NO4S. The van der Waals surface area contributed by atoms with Crippen LogP contribution in [0.15, 0.2) is 41.3 Å². The van der Waals surface area contributed by atoms with Gasteiger partial charge in [-0.3, -0.25) is 4.79 Å². The van der Waals surface area contributed by atoms with Crippen molar-refractivity contribution in [3.05, 3.63) is 65.2 Å². The highest BCUT2D eigenvalue weighted by molar-refractivity contribution is 7.89. The molecule has 1 saturated heterocycles. The van der Waals surface area contributed by atoms with Crippen LogP contribution in [0.25, 0.3) is 0 Å². The molecule has 0 amide bonds. The maximum atomic E-state index is 13.8. The van der Waals surface area contributed by atoms with E-state index in [0.29, 0.717) is 12.1 Å². The van der Waals surface area contributed by atoms with Crippen molar-refractivity contribution in [3.63, 3.8) is 0 Å². The third kappa shape index (κ3) is 4.65. The lowest BCUT2D eigenvalue weighted by Gasteiger charge is -2.30. The van der Waals surface area contributed by atoms with Gasteiger partial charge in [-0.25, -0.2) is 26.0 Å². The number of nitrogens with zero attached hydrogens (tertiary/aromatic N) is 1. The van der Waals surface area contributed by atoms with Crippen LogP contribution in [0.5, 0.6) is 0 Å². The number of esters is 1. The quantitative estimate of drug-likeness (QED) is 0.517. The molecule has 1 heterocycles. The number of piperidine rings is 1. The first-order valence-electron chi connectivity index (χ1n) is 9.20. The first-order chi connectivity index (χ1) is 14.1. The van der Waals surface area contributed by atoms with Crippen molar-refractivity contribution in [2.75, 3.05) is 13.1 Å². The number of carbonyl (C=O) groups is 1. The van der Waals surface area contributed by atoms with E-state index in [4.69, 9.17) is 4.74 Å². The van der Waals surface area contributed by atoms with E-state index in [9.17, 15) is 30.8 Å². The van der Waals surface area contributed by atoms with E-state index < -0.39 is 51.3 Å². The first kappa shape index (κ1) is 22.2. The second kappa shape index (κ2) is 8.73. The molecule has 1 atom stereocenters. The Labute approximate surface area is 171 Å². The minimum atomic E-state index is -4.04. The van der Waals surface area contributed by atoms with E-state index in [1.54, 1.807) is 0 Å². The van der Waals surface area contributed by atoms with E-state index in [1.165, 1.54) is 13.0 Å². The van der Waals surface area contributed by atoms with Gasteiger partial charge in [-0.2, -0.15) is 4.31 Å². The van der Waals surface area contributed by atoms with Crippen molar-refractivity contribution in [2.24, 2.45) is 5.92 Å². The zero-order valence-corrected chi connectivity index (χ0v) is 16.8. The molecule has 0 radical (unpaired) electrons. The Balaban J connectivity index is 1.61. The van der Waals surface area contributed by atoms with E-state index in [1.807, 2.05) is 0 Å². The molecule has 0 N–H and O–H groups in total. The lowest BCUT2D eigenvalue weighted by molar-refractivity contribution is -0.155. The number of ether oxygens (including phenoxy) is 1. The molecule has 0 spiro atoms. The summed E-state index contributed by atoms with van der Waals surface area (Å²) in [7, 11) is -4.04. The van der Waals surface area contributed by atoms with Gasteiger partial charge in [0, 0.05) is 24.7 Å². The minimum absolute atomic E-state index is 0.0135. The monoisotopic (exact) mass is 445 g/mol. The number of hydrogen-bond donors (Lipinski definition) is 0. The summed E-state index contributed by atoms with van der Waals surface area (Å²) in [5, 5.41) is 0. The van der Waals surface area contributed by atoms with Gasteiger partial charge < -0.3 is 4.74 Å². The fraction of sp³-hybridized carbons (Fsp3) is 0.350. The molecule has 30 heavy (non-hydrogen) atoms. The summed E-state index contributed by atoms with van der Waals surface area (Å²) in [4.78, 5) is 12.0. The Bertz CT molecular complexity index is 1050. The van der Waals surface area contributed by atoms with Gasteiger partial charge in [-0.15, -0.1) is 0 Å². The zero-order valence-electron chi connectivity index (χ0n) is 15.9. The van der Waals surface area contributed by atoms with Crippen molar-refractivity contribution in [1.82, 2.24) is 4.31 Å². The van der Waals surface area contributed by atoms with Crippen LogP contribution in [0.2, 0.25) is 0 Å². The number of benzene rings is 2. The summed E-state index contributed by atoms with van der Waals surface area (Å²) in [6.07, 6.45) is -0.636. The van der Waals surface area contributed by atoms with Crippen molar-refractivity contribution >= 4 is 16.0 Å². The molecule has 2 aromatic carbocycles. The van der Waals surface area contributed by atoms with Crippen LogP contribution in [-0.4, -0.2) is 31.8 Å². The van der Waals surface area contributed by atoms with E-state index >= 15 is 0 Å². The highest BCUT2D eigenvalue weighted by Gasteiger charge is 2.34. The summed E-state index contributed by atoms with van der Waals surface area (Å²) in [6, 6.07) is 5.28. The standard InChI is InChI=1S/C20H19F4NO4S/c1-12(16-4-2-14(21)10-18(16)23)29-20(26)13-6-8-25(9-7-13)30(27,28)15-3-5-17(22)19(24)11-15/h2-5,10-13H,6-9H2,1H3. The van der Waals surface area contributed by atoms with Gasteiger partial charge in [0.05, 0.1) is 10.8 Å². The summed E-state index contributed by atoms with van der Waals surface area (Å²) in [5.74, 6) is -5.21. The predicted molar refractivity (Wildman–Crippen MR) is 98.7 cm³/mol. The number of hydrogen-bond acceptors (Lipinski definition) is 4. The molecule has 5 nitrogen and oxygen atoms in total. The van der Waals surface area contributed by atoms with Gasteiger partial charge in [-0.05, 0) is 50.1 Å². The summed E-state index contributed by atoms with van der Waals surface area (Å²) in [5.41, 5.74) is 0.0306. The predicted octanol–water partition coefficient (Wildman–Crippen LogP) is 3.95. The maximum absolute atomic E-state index is 13.8. The molecule has 0 aliphatic carbocycles. The van der Waals surface area contributed by atoms with Crippen LogP contribution in [-0.2, 0) is 19.6 Å². The molecule has 0 aromatic heterocycles. The topological polar surface area (TPSA) is 63.7 Å². The number of carbonyl (C=O) groups excluding carboxylic acids is 1. The summed E-state index contributed by atoms with van der Waals surface area (Å²) < 4.78 is 84.9. The molecule has 3 rings (SSSR count). The van der Waals surface area contributed by atoms with Gasteiger partial charge in [-0.1, -0.05) is 0 Å². The third-order valence-corrected chi connectivity index (χ3v) is 6.90. The first-order valence-corrected chi connectivity index (χ1v) is 10.6. The number of sulfonamides is 1. The molecule has 1 aliphatic heterocycles. The zero-order chi connectivity index (χ0) is 22.1.